The molecule has 1 heterocycles. The molecular formula is C10H10BrN3O3S. The van der Waals surface area contributed by atoms with Gasteiger partial charge in [-0.2, -0.15) is 0 Å². The van der Waals surface area contributed by atoms with E-state index in [0.29, 0.717) is 11.5 Å². The molecule has 0 spiro atoms. The molecule has 0 unspecified atom stereocenters. The number of nitrogens with zero attached hydrogens (tertiary/aromatic N) is 3. The number of rotatable bonds is 3. The molecule has 0 amide bonds. The van der Waals surface area contributed by atoms with Crippen molar-refractivity contribution in [1.82, 2.24) is 14.5 Å². The molecule has 0 aliphatic carbocycles. The SMILES string of the molecule is CN(C)S(=O)(=O)c1ccc(-c2nnc(Br)o2)cc1. The van der Waals surface area contributed by atoms with Gasteiger partial charge < -0.3 is 4.42 Å². The Bertz CT molecular complexity index is 649. The first-order chi connectivity index (χ1) is 8.41. The van der Waals surface area contributed by atoms with E-state index >= 15 is 0 Å². The van der Waals surface area contributed by atoms with Crippen LogP contribution in [0.2, 0.25) is 0 Å². The average molecular weight is 332 g/mol. The largest absolute Gasteiger partial charge is 0.411 e. The van der Waals surface area contributed by atoms with Crippen molar-refractivity contribution in [2.75, 3.05) is 14.1 Å². The van der Waals surface area contributed by atoms with Crippen LogP contribution in [0, 0.1) is 0 Å². The maximum atomic E-state index is 11.9. The summed E-state index contributed by atoms with van der Waals surface area (Å²) in [6.45, 7) is 0. The van der Waals surface area contributed by atoms with Crippen LogP contribution in [0.1, 0.15) is 0 Å². The second-order valence-electron chi connectivity index (χ2n) is 3.67. The molecule has 0 atom stereocenters. The van der Waals surface area contributed by atoms with Crippen LogP contribution in [0.15, 0.2) is 38.4 Å². The topological polar surface area (TPSA) is 76.3 Å². The quantitative estimate of drug-likeness (QED) is 0.856. The van der Waals surface area contributed by atoms with Crippen molar-refractivity contribution in [2.45, 2.75) is 4.90 Å². The summed E-state index contributed by atoms with van der Waals surface area (Å²) in [6, 6.07) is 6.25. The molecule has 0 fully saturated rings. The van der Waals surface area contributed by atoms with Crippen molar-refractivity contribution in [2.24, 2.45) is 0 Å². The maximum absolute atomic E-state index is 11.9. The fourth-order valence-corrected chi connectivity index (χ4v) is 2.44. The van der Waals surface area contributed by atoms with E-state index in [1.165, 1.54) is 26.2 Å². The van der Waals surface area contributed by atoms with Crippen molar-refractivity contribution >= 4 is 26.0 Å². The van der Waals surface area contributed by atoms with Crippen molar-refractivity contribution in [3.63, 3.8) is 0 Å². The maximum Gasteiger partial charge on any atom is 0.285 e. The monoisotopic (exact) mass is 331 g/mol. The van der Waals surface area contributed by atoms with Crippen molar-refractivity contribution in [3.05, 3.63) is 29.1 Å². The molecule has 6 nitrogen and oxygen atoms in total. The highest BCUT2D eigenvalue weighted by Gasteiger charge is 2.17. The lowest BCUT2D eigenvalue weighted by molar-refractivity contribution is 0.520. The van der Waals surface area contributed by atoms with Gasteiger partial charge in [-0.25, -0.2) is 12.7 Å². The Morgan fingerprint density at radius 2 is 1.78 bits per heavy atom. The molecule has 8 heteroatoms. The smallest absolute Gasteiger partial charge is 0.285 e. The third-order valence-corrected chi connectivity index (χ3v) is 4.43. The van der Waals surface area contributed by atoms with Gasteiger partial charge in [0.05, 0.1) is 4.90 Å². The van der Waals surface area contributed by atoms with Crippen LogP contribution < -0.4 is 0 Å². The highest BCUT2D eigenvalue weighted by atomic mass is 79.9. The van der Waals surface area contributed by atoms with Gasteiger partial charge in [0.15, 0.2) is 0 Å². The van der Waals surface area contributed by atoms with Gasteiger partial charge in [0.1, 0.15) is 0 Å². The summed E-state index contributed by atoms with van der Waals surface area (Å²) in [5.74, 6) is 0.329. The molecule has 0 saturated carbocycles. The molecule has 2 aromatic rings. The summed E-state index contributed by atoms with van der Waals surface area (Å²) in [4.78, 5) is 0.498. The predicted octanol–water partition coefficient (Wildman–Crippen LogP) is 1.75. The average Bonchev–Trinajstić information content (AvgIpc) is 2.76. The van der Waals surface area contributed by atoms with E-state index in [0.717, 1.165) is 4.31 Å². The Balaban J connectivity index is 2.37. The standard InChI is InChI=1S/C10H10BrN3O3S/c1-14(2)18(15,16)8-5-3-7(4-6-8)9-12-13-10(11)17-9/h3-6H,1-2H3. The molecule has 1 aromatic carbocycles. The number of aromatic nitrogens is 2. The first kappa shape index (κ1) is 13.2. The van der Waals surface area contributed by atoms with Gasteiger partial charge in [0.2, 0.25) is 15.9 Å². The predicted molar refractivity (Wildman–Crippen MR) is 68.3 cm³/mol. The third-order valence-electron chi connectivity index (χ3n) is 2.28. The molecule has 0 saturated heterocycles. The summed E-state index contributed by atoms with van der Waals surface area (Å²) >= 11 is 3.05. The van der Waals surface area contributed by atoms with Gasteiger partial charge in [0.25, 0.3) is 4.80 Å². The lowest BCUT2D eigenvalue weighted by Gasteiger charge is -2.10. The van der Waals surface area contributed by atoms with Gasteiger partial charge in [-0.3, -0.25) is 0 Å². The molecule has 2 rings (SSSR count). The zero-order chi connectivity index (χ0) is 13.3. The van der Waals surface area contributed by atoms with Gasteiger partial charge in [0, 0.05) is 35.6 Å². The normalized spacial score (nSPS) is 12.0. The molecular weight excluding hydrogens is 322 g/mol. The van der Waals surface area contributed by atoms with Gasteiger partial charge in [-0.1, -0.05) is 0 Å². The highest BCUT2D eigenvalue weighted by molar-refractivity contribution is 9.10. The lowest BCUT2D eigenvalue weighted by atomic mass is 10.2. The van der Waals surface area contributed by atoms with Crippen LogP contribution in [-0.2, 0) is 10.0 Å². The minimum Gasteiger partial charge on any atom is -0.411 e. The zero-order valence-corrected chi connectivity index (χ0v) is 12.1. The Kier molecular flexibility index (Phi) is 3.51. The van der Waals surface area contributed by atoms with Crippen LogP contribution in [0.3, 0.4) is 0 Å². The van der Waals surface area contributed by atoms with Gasteiger partial charge in [-0.15, -0.1) is 10.2 Å². The van der Waals surface area contributed by atoms with E-state index in [1.54, 1.807) is 12.1 Å². The van der Waals surface area contributed by atoms with Crippen molar-refractivity contribution in [1.29, 1.82) is 0 Å². The first-order valence-corrected chi connectivity index (χ1v) is 7.16. The van der Waals surface area contributed by atoms with Crippen LogP contribution in [0.4, 0.5) is 0 Å². The molecule has 0 aliphatic rings. The summed E-state index contributed by atoms with van der Waals surface area (Å²) in [6.07, 6.45) is 0. The van der Waals surface area contributed by atoms with E-state index in [-0.39, 0.29) is 9.70 Å². The lowest BCUT2D eigenvalue weighted by Crippen LogP contribution is -2.22. The van der Waals surface area contributed by atoms with Crippen molar-refractivity contribution in [3.8, 4) is 11.5 Å². The van der Waals surface area contributed by atoms with Crippen LogP contribution >= 0.6 is 15.9 Å². The number of hydrogen-bond acceptors (Lipinski definition) is 5. The molecule has 96 valence electrons. The second-order valence-corrected chi connectivity index (χ2v) is 6.50. The Labute approximate surface area is 113 Å². The number of hydrogen-bond donors (Lipinski definition) is 0. The number of halogens is 1. The Hall–Kier alpha value is -1.25. The van der Waals surface area contributed by atoms with E-state index in [2.05, 4.69) is 26.1 Å². The van der Waals surface area contributed by atoms with Gasteiger partial charge >= 0.3 is 0 Å². The first-order valence-electron chi connectivity index (χ1n) is 4.93. The summed E-state index contributed by atoms with van der Waals surface area (Å²) in [5, 5.41) is 7.46. The number of benzene rings is 1. The van der Waals surface area contributed by atoms with Crippen molar-refractivity contribution < 1.29 is 12.8 Å². The summed E-state index contributed by atoms with van der Waals surface area (Å²) in [5.41, 5.74) is 0.658. The van der Waals surface area contributed by atoms with Crippen LogP contribution in [-0.4, -0.2) is 37.0 Å². The van der Waals surface area contributed by atoms with E-state index in [9.17, 15) is 8.42 Å². The molecule has 1 aromatic heterocycles. The van der Waals surface area contributed by atoms with E-state index in [1.807, 2.05) is 0 Å². The summed E-state index contributed by atoms with van der Waals surface area (Å²) in [7, 11) is -0.444. The Morgan fingerprint density at radius 1 is 1.17 bits per heavy atom. The Morgan fingerprint density at radius 3 is 2.22 bits per heavy atom. The molecule has 0 bridgehead atoms. The molecule has 0 radical (unpaired) electrons. The zero-order valence-electron chi connectivity index (χ0n) is 9.66. The van der Waals surface area contributed by atoms with Crippen LogP contribution in [0.5, 0.6) is 0 Å². The minimum atomic E-state index is -3.41. The molecule has 0 N–H and O–H groups in total. The minimum absolute atomic E-state index is 0.217. The fraction of sp³-hybridized carbons (Fsp3) is 0.200. The summed E-state index contributed by atoms with van der Waals surface area (Å²) < 4.78 is 30.0. The number of sulfonamides is 1. The molecule has 0 aliphatic heterocycles. The van der Waals surface area contributed by atoms with Crippen LogP contribution in [0.25, 0.3) is 11.5 Å². The van der Waals surface area contributed by atoms with E-state index < -0.39 is 10.0 Å². The van der Waals surface area contributed by atoms with E-state index in [4.69, 9.17) is 4.42 Å². The fourth-order valence-electron chi connectivity index (χ4n) is 1.30. The second kappa shape index (κ2) is 4.79. The molecule has 18 heavy (non-hydrogen) atoms. The van der Waals surface area contributed by atoms with Gasteiger partial charge in [-0.05, 0) is 24.3 Å². The highest BCUT2D eigenvalue weighted by Crippen LogP contribution is 2.22. The third kappa shape index (κ3) is 2.45.